The van der Waals surface area contributed by atoms with E-state index in [-0.39, 0.29) is 0 Å². The van der Waals surface area contributed by atoms with E-state index in [4.69, 9.17) is 0 Å². The van der Waals surface area contributed by atoms with Crippen LogP contribution < -0.4 is 0 Å². The molecule has 0 aromatic carbocycles. The lowest BCUT2D eigenvalue weighted by Gasteiger charge is -1.88. The summed E-state index contributed by atoms with van der Waals surface area (Å²) in [5.74, 6) is 0. The first-order valence-corrected chi connectivity index (χ1v) is 4.13. The quantitative estimate of drug-likeness (QED) is 0.539. The Bertz CT molecular complexity index is 170. The van der Waals surface area contributed by atoms with Crippen LogP contribution >= 0.6 is 0 Å². The van der Waals surface area contributed by atoms with Gasteiger partial charge in [-0.1, -0.05) is 61.8 Å². The van der Waals surface area contributed by atoms with Crippen LogP contribution in [0.4, 0.5) is 0 Å². The van der Waals surface area contributed by atoms with Crippen LogP contribution in [0.5, 0.6) is 0 Å². The predicted octanol–water partition coefficient (Wildman–Crippen LogP) is 3.81. The third kappa shape index (κ3) is 8.70. The van der Waals surface area contributed by atoms with E-state index < -0.39 is 0 Å². The maximum absolute atomic E-state index is 3.46. The maximum atomic E-state index is 3.46. The van der Waals surface area contributed by atoms with Crippen molar-refractivity contribution in [3.8, 4) is 0 Å². The summed E-state index contributed by atoms with van der Waals surface area (Å²) in [6, 6.07) is 0. The third-order valence-corrected chi connectivity index (χ3v) is 1.27. The van der Waals surface area contributed by atoms with Gasteiger partial charge >= 0.3 is 0 Å². The van der Waals surface area contributed by atoms with Crippen molar-refractivity contribution in [2.45, 2.75) is 12.8 Å². The third-order valence-electron chi connectivity index (χ3n) is 1.27. The SMILES string of the molecule is C1=CCCC=C1.C=CC=CC=C. The highest BCUT2D eigenvalue weighted by Gasteiger charge is 1.77. The Morgan fingerprint density at radius 2 is 1.25 bits per heavy atom. The number of allylic oxidation sites excluding steroid dienone is 8. The molecule has 0 N–H and O–H groups in total. The van der Waals surface area contributed by atoms with Gasteiger partial charge in [0.2, 0.25) is 0 Å². The highest BCUT2D eigenvalue weighted by molar-refractivity contribution is 5.07. The van der Waals surface area contributed by atoms with Crippen LogP contribution in [0.2, 0.25) is 0 Å². The lowest BCUT2D eigenvalue weighted by molar-refractivity contribution is 1.04. The Hall–Kier alpha value is -1.30. The van der Waals surface area contributed by atoms with E-state index >= 15 is 0 Å². The van der Waals surface area contributed by atoms with Gasteiger partial charge in [0.15, 0.2) is 0 Å². The summed E-state index contributed by atoms with van der Waals surface area (Å²) < 4.78 is 0. The molecule has 1 rings (SSSR count). The van der Waals surface area contributed by atoms with E-state index in [0.29, 0.717) is 0 Å². The summed E-state index contributed by atoms with van der Waals surface area (Å²) in [6.07, 6.45) is 18.1. The molecule has 0 bridgehead atoms. The molecule has 0 amide bonds. The fourth-order valence-corrected chi connectivity index (χ4v) is 0.699. The van der Waals surface area contributed by atoms with Crippen molar-refractivity contribution in [2.24, 2.45) is 0 Å². The summed E-state index contributed by atoms with van der Waals surface area (Å²) in [5, 5.41) is 0. The predicted molar refractivity (Wildman–Crippen MR) is 57.0 cm³/mol. The minimum Gasteiger partial charge on any atom is -0.0991 e. The Morgan fingerprint density at radius 3 is 1.42 bits per heavy atom. The topological polar surface area (TPSA) is 0 Å². The van der Waals surface area contributed by atoms with Crippen molar-refractivity contribution in [3.05, 3.63) is 61.8 Å². The Labute approximate surface area is 75.3 Å². The molecule has 0 aliphatic heterocycles. The van der Waals surface area contributed by atoms with Gasteiger partial charge in [0.25, 0.3) is 0 Å². The molecule has 0 radical (unpaired) electrons. The normalized spacial score (nSPS) is 13.7. The molecule has 0 aromatic heterocycles. The molecule has 12 heavy (non-hydrogen) atoms. The summed E-state index contributed by atoms with van der Waals surface area (Å²) >= 11 is 0. The van der Waals surface area contributed by atoms with Gasteiger partial charge in [-0.2, -0.15) is 0 Å². The van der Waals surface area contributed by atoms with E-state index in [2.05, 4.69) is 37.5 Å². The first kappa shape index (κ1) is 10.7. The highest BCUT2D eigenvalue weighted by atomic mass is 13.8. The minimum absolute atomic E-state index is 1.23. The van der Waals surface area contributed by atoms with Gasteiger partial charge < -0.3 is 0 Å². The van der Waals surface area contributed by atoms with Crippen LogP contribution in [-0.4, -0.2) is 0 Å². The van der Waals surface area contributed by atoms with Crippen molar-refractivity contribution in [3.63, 3.8) is 0 Å². The average Bonchev–Trinajstić information content (AvgIpc) is 2.18. The van der Waals surface area contributed by atoms with Crippen LogP contribution in [0.15, 0.2) is 61.8 Å². The summed E-state index contributed by atoms with van der Waals surface area (Å²) in [4.78, 5) is 0. The van der Waals surface area contributed by atoms with Gasteiger partial charge in [-0.05, 0) is 12.8 Å². The Kier molecular flexibility index (Phi) is 8.65. The molecular formula is C12H16. The van der Waals surface area contributed by atoms with Gasteiger partial charge in [0.05, 0.1) is 0 Å². The van der Waals surface area contributed by atoms with Crippen LogP contribution in [-0.2, 0) is 0 Å². The van der Waals surface area contributed by atoms with E-state index in [1.165, 1.54) is 12.8 Å². The van der Waals surface area contributed by atoms with Gasteiger partial charge in [0.1, 0.15) is 0 Å². The van der Waals surface area contributed by atoms with Crippen molar-refractivity contribution in [1.29, 1.82) is 0 Å². The number of hydrogen-bond donors (Lipinski definition) is 0. The molecule has 0 saturated heterocycles. The van der Waals surface area contributed by atoms with Gasteiger partial charge in [0, 0.05) is 0 Å². The first-order chi connectivity index (χ1) is 5.91. The fraction of sp³-hybridized carbons (Fsp3) is 0.167. The molecule has 0 atom stereocenters. The Morgan fingerprint density at radius 1 is 0.833 bits per heavy atom. The molecule has 0 unspecified atom stereocenters. The zero-order valence-corrected chi connectivity index (χ0v) is 7.45. The van der Waals surface area contributed by atoms with Crippen molar-refractivity contribution < 1.29 is 0 Å². The second-order valence-corrected chi connectivity index (χ2v) is 2.29. The smallest absolute Gasteiger partial charge is 0.0313 e. The largest absolute Gasteiger partial charge is 0.0991 e. The summed E-state index contributed by atoms with van der Waals surface area (Å²) in [7, 11) is 0. The van der Waals surface area contributed by atoms with E-state index in [1.54, 1.807) is 12.2 Å². The lowest BCUT2D eigenvalue weighted by Crippen LogP contribution is -1.67. The second kappa shape index (κ2) is 9.70. The molecule has 1 aliphatic rings. The molecule has 1 aliphatic carbocycles. The van der Waals surface area contributed by atoms with Crippen LogP contribution in [0.3, 0.4) is 0 Å². The van der Waals surface area contributed by atoms with Crippen LogP contribution in [0.1, 0.15) is 12.8 Å². The molecule has 64 valence electrons. The molecule has 0 aromatic rings. The van der Waals surface area contributed by atoms with Gasteiger partial charge in [-0.15, -0.1) is 0 Å². The van der Waals surface area contributed by atoms with Gasteiger partial charge in [-0.25, -0.2) is 0 Å². The van der Waals surface area contributed by atoms with Crippen LogP contribution in [0.25, 0.3) is 0 Å². The summed E-state index contributed by atoms with van der Waals surface area (Å²) in [6.45, 7) is 6.93. The number of rotatable bonds is 2. The maximum Gasteiger partial charge on any atom is -0.0313 e. The zero-order chi connectivity index (χ0) is 9.07. The molecule has 0 fully saturated rings. The monoisotopic (exact) mass is 160 g/mol. The van der Waals surface area contributed by atoms with Crippen molar-refractivity contribution >= 4 is 0 Å². The van der Waals surface area contributed by atoms with Crippen LogP contribution in [0, 0.1) is 0 Å². The molecule has 0 nitrogen and oxygen atoms in total. The summed E-state index contributed by atoms with van der Waals surface area (Å²) in [5.41, 5.74) is 0. The van der Waals surface area contributed by atoms with E-state index in [9.17, 15) is 0 Å². The lowest BCUT2D eigenvalue weighted by atomic mass is 10.2. The van der Waals surface area contributed by atoms with Gasteiger partial charge in [-0.3, -0.25) is 0 Å². The van der Waals surface area contributed by atoms with Crippen molar-refractivity contribution in [2.75, 3.05) is 0 Å². The van der Waals surface area contributed by atoms with E-state index in [0.717, 1.165) is 0 Å². The first-order valence-electron chi connectivity index (χ1n) is 4.13. The molecule has 0 spiro atoms. The molecule has 0 heterocycles. The fourth-order valence-electron chi connectivity index (χ4n) is 0.699. The van der Waals surface area contributed by atoms with E-state index in [1.807, 2.05) is 12.2 Å². The number of hydrogen-bond acceptors (Lipinski definition) is 0. The van der Waals surface area contributed by atoms with Crippen molar-refractivity contribution in [1.82, 2.24) is 0 Å². The average molecular weight is 160 g/mol. The Balaban J connectivity index is 0.000000202. The second-order valence-electron chi connectivity index (χ2n) is 2.29. The highest BCUT2D eigenvalue weighted by Crippen LogP contribution is 1.98. The molecule has 0 saturated carbocycles. The molecular weight excluding hydrogens is 144 g/mol. The minimum atomic E-state index is 1.23. The zero-order valence-electron chi connectivity index (χ0n) is 7.45. The standard InChI is InChI=1S/2C6H8/c1-2-4-6-5-3-1;1-3-5-6-4-2/h1-4H,5-6H2;3-6H,1-2H2. The molecule has 0 heteroatoms.